The standard InChI is InChI=1S/C62H76N8O6S/c1-38(2)52(70-35-45-15-11-12-16-48(45)56(70)74)57(75)69-36-46(71)31-51(69)55(73)64-34-44-22-21-42(53-39(3)65-37-77-53)30-50(44)68-28-26-67(27-29-68)25-13-14-40-17-19-41(20-18-40)54(72)66-58-61(7,8)59(62(58,9)10)76-47-24-23-43(33-63)49(32-47)60(4,5)6/h11-12,15-24,30,32,37-38,46,51-52,58-59,71H,13-14,25-29,31,34-36H2,1-10H3,(H,64,73)(H,66,72)/t46-,51+,52+,58?,59?/m1/s1. The van der Waals surface area contributed by atoms with E-state index in [0.29, 0.717) is 23.2 Å². The molecule has 1 aliphatic carbocycles. The van der Waals surface area contributed by atoms with E-state index in [-0.39, 0.29) is 77.4 Å². The fraction of sp³-hybridized carbons (Fsp3) is 0.484. The number of nitriles is 1. The van der Waals surface area contributed by atoms with Crippen molar-refractivity contribution >= 4 is 40.7 Å². The molecular formula is C62H76N8O6S. The zero-order chi connectivity index (χ0) is 55.1. The molecule has 77 heavy (non-hydrogen) atoms. The monoisotopic (exact) mass is 1060 g/mol. The maximum Gasteiger partial charge on any atom is 0.255 e. The third-order valence-electron chi connectivity index (χ3n) is 16.6. The summed E-state index contributed by atoms with van der Waals surface area (Å²) in [6.45, 7) is 25.6. The number of aliphatic hydroxyl groups excluding tert-OH is 1. The maximum absolute atomic E-state index is 14.4. The molecule has 0 bridgehead atoms. The zero-order valence-electron chi connectivity index (χ0n) is 46.5. The van der Waals surface area contributed by atoms with Crippen molar-refractivity contribution in [3.05, 3.63) is 135 Å². The van der Waals surface area contributed by atoms with Crippen molar-refractivity contribution in [1.29, 1.82) is 5.26 Å². The molecule has 4 aliphatic rings. The van der Waals surface area contributed by atoms with Gasteiger partial charge in [0.2, 0.25) is 11.8 Å². The number of nitrogens with one attached hydrogen (secondary N) is 2. The number of aliphatic hydroxyl groups is 1. The van der Waals surface area contributed by atoms with Gasteiger partial charge in [0, 0.05) is 85.9 Å². The summed E-state index contributed by atoms with van der Waals surface area (Å²) in [4.78, 5) is 69.4. The highest BCUT2D eigenvalue weighted by Crippen LogP contribution is 2.56. The molecule has 0 radical (unpaired) electrons. The number of hydrogen-bond donors (Lipinski definition) is 3. The van der Waals surface area contributed by atoms with Crippen LogP contribution in [0.4, 0.5) is 5.69 Å². The van der Waals surface area contributed by atoms with E-state index >= 15 is 0 Å². The van der Waals surface area contributed by atoms with E-state index in [9.17, 15) is 29.5 Å². The first kappa shape index (κ1) is 55.2. The molecule has 0 spiro atoms. The van der Waals surface area contributed by atoms with E-state index in [4.69, 9.17) is 4.74 Å². The Kier molecular flexibility index (Phi) is 15.8. The Morgan fingerprint density at radius 2 is 1.66 bits per heavy atom. The molecule has 2 saturated heterocycles. The number of aryl methyl sites for hydroxylation is 2. The first-order chi connectivity index (χ1) is 36.6. The van der Waals surface area contributed by atoms with Gasteiger partial charge in [0.1, 0.15) is 23.9 Å². The highest BCUT2D eigenvalue weighted by Gasteiger charge is 2.64. The molecule has 1 aromatic heterocycles. The number of carbonyl (C=O) groups excluding carboxylic acids is 4. The van der Waals surface area contributed by atoms with Gasteiger partial charge >= 0.3 is 0 Å². The molecule has 4 amide bonds. The molecule has 1 saturated carbocycles. The second kappa shape index (κ2) is 22.0. The number of rotatable bonds is 16. The fourth-order valence-electron chi connectivity index (χ4n) is 12.8. The van der Waals surface area contributed by atoms with Gasteiger partial charge in [-0.05, 0) is 108 Å². The number of thiazole rings is 1. The Bertz CT molecular complexity index is 3040. The van der Waals surface area contributed by atoms with Crippen molar-refractivity contribution in [2.75, 3.05) is 44.2 Å². The lowest BCUT2D eigenvalue weighted by atomic mass is 9.49. The highest BCUT2D eigenvalue weighted by molar-refractivity contribution is 7.13. The van der Waals surface area contributed by atoms with Gasteiger partial charge in [0.25, 0.3) is 11.8 Å². The molecule has 4 aromatic carbocycles. The first-order valence-electron chi connectivity index (χ1n) is 27.3. The van der Waals surface area contributed by atoms with Crippen LogP contribution in [0.2, 0.25) is 0 Å². The van der Waals surface area contributed by atoms with Gasteiger partial charge in [-0.2, -0.15) is 5.26 Å². The van der Waals surface area contributed by atoms with Crippen LogP contribution in [0.25, 0.3) is 10.4 Å². The molecular weight excluding hydrogens is 985 g/mol. The van der Waals surface area contributed by atoms with Gasteiger partial charge in [-0.1, -0.05) is 105 Å². The van der Waals surface area contributed by atoms with Crippen LogP contribution in [0.15, 0.2) is 90.4 Å². The smallest absolute Gasteiger partial charge is 0.255 e. The Morgan fingerprint density at radius 1 is 0.948 bits per heavy atom. The van der Waals surface area contributed by atoms with Crippen molar-refractivity contribution in [2.45, 2.75) is 137 Å². The molecule has 3 N–H and O–H groups in total. The summed E-state index contributed by atoms with van der Waals surface area (Å²) < 4.78 is 6.65. The van der Waals surface area contributed by atoms with Crippen molar-refractivity contribution in [2.24, 2.45) is 16.7 Å². The molecule has 3 aliphatic heterocycles. The number of amides is 4. The van der Waals surface area contributed by atoms with Crippen molar-refractivity contribution in [3.63, 3.8) is 0 Å². The molecule has 3 fully saturated rings. The third-order valence-corrected chi connectivity index (χ3v) is 17.6. The largest absolute Gasteiger partial charge is 0.489 e. The van der Waals surface area contributed by atoms with Crippen molar-refractivity contribution in [3.8, 4) is 22.3 Å². The van der Waals surface area contributed by atoms with E-state index in [1.165, 1.54) is 10.5 Å². The summed E-state index contributed by atoms with van der Waals surface area (Å²) in [6, 6.07) is 28.0. The van der Waals surface area contributed by atoms with E-state index in [1.54, 1.807) is 22.3 Å². The van der Waals surface area contributed by atoms with E-state index in [0.717, 1.165) is 89.8 Å². The summed E-state index contributed by atoms with van der Waals surface area (Å²) in [6.07, 6.45) is 0.969. The van der Waals surface area contributed by atoms with Crippen LogP contribution in [0.1, 0.15) is 129 Å². The number of likely N-dealkylation sites (tertiary alicyclic amines) is 1. The zero-order valence-corrected chi connectivity index (χ0v) is 47.3. The first-order valence-corrected chi connectivity index (χ1v) is 28.2. The normalized spacial score (nSPS) is 21.3. The summed E-state index contributed by atoms with van der Waals surface area (Å²) in [5.74, 6) is -0.432. The molecule has 9 rings (SSSR count). The lowest BCUT2D eigenvalue weighted by Crippen LogP contribution is -2.74. The van der Waals surface area contributed by atoms with Crippen LogP contribution in [0, 0.1) is 35.0 Å². The van der Waals surface area contributed by atoms with Crippen LogP contribution < -0.4 is 20.3 Å². The summed E-state index contributed by atoms with van der Waals surface area (Å²) >= 11 is 1.60. The number of fused-ring (bicyclic) bond motifs is 1. The van der Waals surface area contributed by atoms with Gasteiger partial charge in [-0.15, -0.1) is 11.3 Å². The van der Waals surface area contributed by atoms with E-state index in [2.05, 4.69) is 110 Å². The topological polar surface area (TPSA) is 171 Å². The Morgan fingerprint density at radius 3 is 2.31 bits per heavy atom. The average Bonchev–Trinajstić information content (AvgIpc) is 4.29. The Hall–Kier alpha value is -6.60. The predicted molar refractivity (Wildman–Crippen MR) is 302 cm³/mol. The summed E-state index contributed by atoms with van der Waals surface area (Å²) in [7, 11) is 0. The highest BCUT2D eigenvalue weighted by atomic mass is 32.1. The summed E-state index contributed by atoms with van der Waals surface area (Å²) in [5.41, 5.74) is 9.88. The number of benzene rings is 4. The average molecular weight is 1060 g/mol. The van der Waals surface area contributed by atoms with Crippen molar-refractivity contribution in [1.82, 2.24) is 30.3 Å². The van der Waals surface area contributed by atoms with Gasteiger partial charge in [-0.25, -0.2) is 4.98 Å². The van der Waals surface area contributed by atoms with Crippen LogP contribution in [0.5, 0.6) is 5.75 Å². The van der Waals surface area contributed by atoms with Gasteiger partial charge in [0.15, 0.2) is 0 Å². The molecule has 4 heterocycles. The maximum atomic E-state index is 14.4. The SMILES string of the molecule is Cc1ncsc1-c1ccc(CNC(=O)[C@@H]2C[C@@H](O)CN2C(=O)[C@H](C(C)C)N2Cc3ccccc3C2=O)c(N2CCN(CCCc3ccc(C(=O)NC4C(C)(C)C(Oc5ccc(C#N)c(C(C)(C)C)c5)C4(C)C)cc3)CC2)c1. The molecule has 15 heteroatoms. The van der Waals surface area contributed by atoms with Crippen LogP contribution >= 0.6 is 11.3 Å². The van der Waals surface area contributed by atoms with Gasteiger partial charge in [0.05, 0.1) is 33.8 Å². The Balaban J connectivity index is 0.782. The second-order valence-corrected chi connectivity index (χ2v) is 25.1. The fourth-order valence-corrected chi connectivity index (χ4v) is 13.6. The van der Waals surface area contributed by atoms with Gasteiger partial charge in [-0.3, -0.25) is 24.1 Å². The van der Waals surface area contributed by atoms with E-state index < -0.39 is 18.2 Å². The third kappa shape index (κ3) is 11.3. The molecule has 5 aromatic rings. The van der Waals surface area contributed by atoms with Gasteiger partial charge < -0.3 is 35.2 Å². The number of piperazine rings is 1. The van der Waals surface area contributed by atoms with Crippen LogP contribution in [-0.2, 0) is 34.5 Å². The number of hydrogen-bond acceptors (Lipinski definition) is 11. The molecule has 0 unspecified atom stereocenters. The minimum atomic E-state index is -0.875. The van der Waals surface area contributed by atoms with E-state index in [1.807, 2.05) is 74.8 Å². The summed E-state index contributed by atoms with van der Waals surface area (Å²) in [5, 5.41) is 27.1. The predicted octanol–water partition coefficient (Wildman–Crippen LogP) is 8.91. The minimum absolute atomic E-state index is 0.0253. The molecule has 406 valence electrons. The number of carbonyl (C=O) groups is 4. The number of ether oxygens (including phenoxy) is 1. The second-order valence-electron chi connectivity index (χ2n) is 24.2. The van der Waals surface area contributed by atoms with Crippen LogP contribution in [-0.4, -0.2) is 118 Å². The Labute approximate surface area is 458 Å². The molecule has 3 atom stereocenters. The number of aromatic nitrogens is 1. The molecule has 14 nitrogen and oxygen atoms in total. The lowest BCUT2D eigenvalue weighted by molar-refractivity contribution is -0.164. The lowest BCUT2D eigenvalue weighted by Gasteiger charge is -2.63. The van der Waals surface area contributed by atoms with Crippen LogP contribution in [0.3, 0.4) is 0 Å². The quantitative estimate of drug-likeness (QED) is 0.0867. The van der Waals surface area contributed by atoms with Crippen molar-refractivity contribution < 1.29 is 29.0 Å². The number of nitrogens with zero attached hydrogens (tertiary/aromatic N) is 6. The number of anilines is 1. The minimum Gasteiger partial charge on any atom is -0.489 e. The number of β-amino-alcohol motifs (C(OH)–C–C–N with tert-alkyl or cyclic N) is 1.